The summed E-state index contributed by atoms with van der Waals surface area (Å²) < 4.78 is 13.4. The van der Waals surface area contributed by atoms with Gasteiger partial charge in [0.15, 0.2) is 5.13 Å². The lowest BCUT2D eigenvalue weighted by atomic mass is 9.78. The number of hydrogen-bond acceptors (Lipinski definition) is 4. The fraction of sp³-hybridized carbons (Fsp3) is 0.583. The van der Waals surface area contributed by atoms with Crippen LogP contribution >= 0.6 is 11.3 Å². The molecule has 1 aromatic heterocycles. The van der Waals surface area contributed by atoms with E-state index in [-0.39, 0.29) is 17.7 Å². The summed E-state index contributed by atoms with van der Waals surface area (Å²) in [5, 5.41) is 3.26. The van der Waals surface area contributed by atoms with E-state index in [1.54, 1.807) is 23.5 Å². The number of carbonyl (C=O) groups excluding carboxylic acids is 1. The van der Waals surface area contributed by atoms with E-state index < -0.39 is 0 Å². The fourth-order valence-corrected chi connectivity index (χ4v) is 5.61. The number of carbonyl (C=O) groups is 1. The largest absolute Gasteiger partial charge is 0.345 e. The van der Waals surface area contributed by atoms with Crippen molar-refractivity contribution in [2.75, 3.05) is 11.4 Å². The average Bonchev–Trinajstić information content (AvgIpc) is 3.48. The summed E-state index contributed by atoms with van der Waals surface area (Å²) >= 11 is 1.72. The summed E-state index contributed by atoms with van der Waals surface area (Å²) in [4.78, 5) is 20.6. The molecule has 1 atom stereocenters. The van der Waals surface area contributed by atoms with Crippen LogP contribution in [0, 0.1) is 11.7 Å². The lowest BCUT2D eigenvalue weighted by Crippen LogP contribution is -2.25. The monoisotopic (exact) mass is 414 g/mol. The van der Waals surface area contributed by atoms with Crippen LogP contribution in [0.4, 0.5) is 9.52 Å². The normalized spacial score (nSPS) is 18.6. The van der Waals surface area contributed by atoms with E-state index in [0.717, 1.165) is 61.5 Å². The molecular weight excluding hydrogens is 383 g/mol. The van der Waals surface area contributed by atoms with Crippen LogP contribution in [0.3, 0.4) is 0 Å². The van der Waals surface area contributed by atoms with Crippen molar-refractivity contribution in [1.29, 1.82) is 0 Å². The number of benzene rings is 1. The summed E-state index contributed by atoms with van der Waals surface area (Å²) in [6, 6.07) is 7.20. The molecule has 0 saturated heterocycles. The standard InChI is InChI=1S/C24H31FN2OS/c1-2-27(21-13-14-21)24-26-20(16-29-24)12-15-22(17-8-10-19(25)11-9-17)23(28)18-6-4-3-5-7-18/h8-11,16,18,21-22H,2-7,12-15H2,1H3. The summed E-state index contributed by atoms with van der Waals surface area (Å²) in [6.07, 6.45) is 9.62. The second kappa shape index (κ2) is 9.38. The minimum atomic E-state index is -0.249. The third-order valence-electron chi connectivity index (χ3n) is 6.43. The third kappa shape index (κ3) is 5.06. The molecule has 1 heterocycles. The Morgan fingerprint density at radius 2 is 1.90 bits per heavy atom. The first-order valence-electron chi connectivity index (χ1n) is 11.2. The lowest BCUT2D eigenvalue weighted by molar-refractivity contribution is -0.125. The van der Waals surface area contributed by atoms with Crippen molar-refractivity contribution in [2.24, 2.45) is 5.92 Å². The van der Waals surface area contributed by atoms with Crippen LogP contribution < -0.4 is 4.90 Å². The van der Waals surface area contributed by atoms with Crippen LogP contribution in [-0.4, -0.2) is 23.4 Å². The summed E-state index contributed by atoms with van der Waals surface area (Å²) in [6.45, 7) is 3.18. The highest BCUT2D eigenvalue weighted by Crippen LogP contribution is 2.35. The Kier molecular flexibility index (Phi) is 6.63. The fourth-order valence-electron chi connectivity index (χ4n) is 4.61. The minimum Gasteiger partial charge on any atom is -0.345 e. The Labute approximate surface area is 177 Å². The second-order valence-electron chi connectivity index (χ2n) is 8.52. The van der Waals surface area contributed by atoms with Crippen LogP contribution in [0.1, 0.15) is 75.5 Å². The van der Waals surface area contributed by atoms with Gasteiger partial charge in [-0.15, -0.1) is 11.3 Å². The number of rotatable bonds is 9. The molecule has 2 fully saturated rings. The van der Waals surface area contributed by atoms with Crippen molar-refractivity contribution < 1.29 is 9.18 Å². The predicted octanol–water partition coefficient (Wildman–Crippen LogP) is 6.14. The molecule has 3 nitrogen and oxygen atoms in total. The van der Waals surface area contributed by atoms with Crippen molar-refractivity contribution in [3.63, 3.8) is 0 Å². The third-order valence-corrected chi connectivity index (χ3v) is 7.35. The molecule has 29 heavy (non-hydrogen) atoms. The van der Waals surface area contributed by atoms with Crippen LogP contribution in [-0.2, 0) is 11.2 Å². The van der Waals surface area contributed by atoms with Crippen molar-refractivity contribution in [3.8, 4) is 0 Å². The number of anilines is 1. The van der Waals surface area contributed by atoms with Crippen LogP contribution in [0.2, 0.25) is 0 Å². The molecule has 0 N–H and O–H groups in total. The van der Waals surface area contributed by atoms with Crippen LogP contribution in [0.5, 0.6) is 0 Å². The van der Waals surface area contributed by atoms with Gasteiger partial charge in [-0.05, 0) is 63.1 Å². The molecule has 2 aromatic rings. The Balaban J connectivity index is 1.47. The zero-order valence-corrected chi connectivity index (χ0v) is 18.1. The highest BCUT2D eigenvalue weighted by Gasteiger charge is 2.31. The van der Waals surface area contributed by atoms with E-state index in [0.29, 0.717) is 11.8 Å². The summed E-state index contributed by atoms with van der Waals surface area (Å²) in [5.41, 5.74) is 2.03. The molecule has 4 rings (SSSR count). The Hall–Kier alpha value is -1.75. The zero-order chi connectivity index (χ0) is 20.2. The number of ketones is 1. The van der Waals surface area contributed by atoms with Gasteiger partial charge in [0, 0.05) is 29.8 Å². The first-order chi connectivity index (χ1) is 14.2. The molecule has 2 aliphatic rings. The molecule has 1 unspecified atom stereocenters. The van der Waals surface area contributed by atoms with Gasteiger partial charge in [0.05, 0.1) is 5.69 Å². The molecule has 2 aliphatic carbocycles. The quantitative estimate of drug-likeness (QED) is 0.494. The van der Waals surface area contributed by atoms with Gasteiger partial charge in [-0.2, -0.15) is 0 Å². The first kappa shape index (κ1) is 20.5. The maximum atomic E-state index is 13.4. The number of Topliss-reactive ketones (excluding diaryl/α,β-unsaturated/α-hetero) is 1. The van der Waals surface area contributed by atoms with Crippen molar-refractivity contribution in [1.82, 2.24) is 4.98 Å². The second-order valence-corrected chi connectivity index (χ2v) is 9.36. The smallest absolute Gasteiger partial charge is 0.185 e. The topological polar surface area (TPSA) is 33.2 Å². The Morgan fingerprint density at radius 1 is 1.17 bits per heavy atom. The van der Waals surface area contributed by atoms with Gasteiger partial charge >= 0.3 is 0 Å². The highest BCUT2D eigenvalue weighted by atomic mass is 32.1. The number of aryl methyl sites for hydroxylation is 1. The van der Waals surface area contributed by atoms with E-state index in [2.05, 4.69) is 17.2 Å². The number of halogens is 1. The maximum Gasteiger partial charge on any atom is 0.185 e. The minimum absolute atomic E-state index is 0.158. The van der Waals surface area contributed by atoms with Gasteiger partial charge < -0.3 is 4.90 Å². The molecule has 0 radical (unpaired) electrons. The van der Waals surface area contributed by atoms with Crippen molar-refractivity contribution >= 4 is 22.3 Å². The van der Waals surface area contributed by atoms with Crippen molar-refractivity contribution in [2.45, 2.75) is 76.7 Å². The zero-order valence-electron chi connectivity index (χ0n) is 17.3. The molecule has 0 amide bonds. The Bertz CT molecular complexity index is 809. The molecule has 0 aliphatic heterocycles. The highest BCUT2D eigenvalue weighted by molar-refractivity contribution is 7.13. The molecule has 1 aromatic carbocycles. The van der Waals surface area contributed by atoms with E-state index >= 15 is 0 Å². The van der Waals surface area contributed by atoms with E-state index in [9.17, 15) is 9.18 Å². The average molecular weight is 415 g/mol. The molecule has 156 valence electrons. The van der Waals surface area contributed by atoms with Gasteiger partial charge in [-0.25, -0.2) is 9.37 Å². The van der Waals surface area contributed by atoms with Gasteiger partial charge in [0.1, 0.15) is 11.6 Å². The summed E-state index contributed by atoms with van der Waals surface area (Å²) in [5.74, 6) is 0.103. The molecule has 0 bridgehead atoms. The number of thiazole rings is 1. The number of nitrogens with zero attached hydrogens (tertiary/aromatic N) is 2. The maximum absolute atomic E-state index is 13.4. The van der Waals surface area contributed by atoms with Gasteiger partial charge in [-0.3, -0.25) is 4.79 Å². The van der Waals surface area contributed by atoms with E-state index in [1.807, 2.05) is 0 Å². The SMILES string of the molecule is CCN(c1nc(CCC(C(=O)C2CCCCC2)c2ccc(F)cc2)cs1)C1CC1. The van der Waals surface area contributed by atoms with Crippen molar-refractivity contribution in [3.05, 3.63) is 46.7 Å². The predicted molar refractivity (Wildman–Crippen MR) is 117 cm³/mol. The molecule has 5 heteroatoms. The van der Waals surface area contributed by atoms with E-state index in [1.165, 1.54) is 31.4 Å². The molecule has 0 spiro atoms. The lowest BCUT2D eigenvalue weighted by Gasteiger charge is -2.25. The number of hydrogen-bond donors (Lipinski definition) is 0. The van der Waals surface area contributed by atoms with Gasteiger partial charge in [0.25, 0.3) is 0 Å². The van der Waals surface area contributed by atoms with Gasteiger partial charge in [0.2, 0.25) is 0 Å². The van der Waals surface area contributed by atoms with E-state index in [4.69, 9.17) is 4.98 Å². The first-order valence-corrected chi connectivity index (χ1v) is 12.0. The Morgan fingerprint density at radius 3 is 2.55 bits per heavy atom. The van der Waals surface area contributed by atoms with Crippen LogP contribution in [0.25, 0.3) is 0 Å². The molecular formula is C24H31FN2OS. The van der Waals surface area contributed by atoms with Gasteiger partial charge in [-0.1, -0.05) is 31.4 Å². The van der Waals surface area contributed by atoms with Crippen LogP contribution in [0.15, 0.2) is 29.6 Å². The molecule has 2 saturated carbocycles. The number of aromatic nitrogens is 1. The summed E-state index contributed by atoms with van der Waals surface area (Å²) in [7, 11) is 0.